The van der Waals surface area contributed by atoms with E-state index in [1.54, 1.807) is 123 Å². The van der Waals surface area contributed by atoms with Crippen LogP contribution >= 0.6 is 91.0 Å². The standard InChI is InChI=1S/C14H18ClNO3.C13H16ClNO3.C12H16ClNO2.C9H10ClNO2.C8H8ClNO2.C4H6O4.C2H3BO2.C2H3ClO.CH4O.2CH4.Cl2OS.Li.Na.2H2O/c1-9(2)16(10(3)17)13(14(18)19-4)11-5-7-12(15)8-6-11;1-8(2)15(9(3)16)12(13(17)18)10-4-6-11(14)7-5-10;1-8(2)14-11(12(15)16-3)9-4-6-10(13)7-5-9;1-13-9(12)8(11)6-2-4-7(10)5-3-6;9-6-3-1-5(2-4-6)7(10)8(11)12;1-3(5)7-8-4(2)6;1-2(4)5-3;1-2(3)4;1-2;;;1-4(2)3;;;;/h5-9,13H,1-4H3;4-8,12H,1-3H3,(H,17,18);4-8,11,14H,1-3H3;2-5,8H,11H2,1H3;1-4,7H,10H2,(H,11,12);1-2H3;1H3;1H3;2H,1H3;2*1H4;;;;2*1H2/q;;;;;;-1;;;;;;2*+1;;/p-1. The summed E-state index contributed by atoms with van der Waals surface area (Å²) in [6.07, 6.45) is 0. The number of halogens is 8. The van der Waals surface area contributed by atoms with Crippen LogP contribution in [0.25, 0.3) is 0 Å². The Hall–Kier alpha value is -5.64. The van der Waals surface area contributed by atoms with E-state index < -0.39 is 81.2 Å². The molecule has 0 aromatic heterocycles. The van der Waals surface area contributed by atoms with Crippen LogP contribution in [0, 0.1) is 0 Å². The number of ether oxygens (including phenoxy) is 3. The molecule has 28 nitrogen and oxygen atoms in total. The number of hydrogen-bond acceptors (Lipinski definition) is 23. The number of carboxylic acid groups (broad SMARTS) is 2. The molecular weight excluding hydrogens is 1600 g/mol. The molecule has 5 aromatic carbocycles. The number of methoxy groups -OCH3 is 3. The van der Waals surface area contributed by atoms with Gasteiger partial charge in [-0.2, -0.15) is 0 Å². The number of carboxylic acids is 2. The molecule has 3 radical (unpaired) electrons. The first-order valence-electron chi connectivity index (χ1n) is 28.8. The number of aliphatic hydroxyl groups is 1. The average molecular weight is 1690 g/mol. The van der Waals surface area contributed by atoms with E-state index in [1.807, 2.05) is 39.8 Å². The van der Waals surface area contributed by atoms with Gasteiger partial charge in [-0.25, -0.2) is 38.0 Å². The number of aliphatic hydroxyl groups excluding tert-OH is 1. The summed E-state index contributed by atoms with van der Waals surface area (Å²) in [7, 11) is 16.7. The van der Waals surface area contributed by atoms with Gasteiger partial charge in [0.05, 0.1) is 21.3 Å². The summed E-state index contributed by atoms with van der Waals surface area (Å²) in [5, 5.41) is 30.6. The minimum absolute atomic E-state index is 0. The van der Waals surface area contributed by atoms with Crippen molar-refractivity contribution in [2.75, 3.05) is 28.4 Å². The van der Waals surface area contributed by atoms with Gasteiger partial charge in [-0.15, -0.1) is 0 Å². The van der Waals surface area contributed by atoms with Crippen LogP contribution in [0.4, 0.5) is 0 Å². The summed E-state index contributed by atoms with van der Waals surface area (Å²) in [6, 6.07) is 29.6. The van der Waals surface area contributed by atoms with Gasteiger partial charge in [-0.05, 0) is 142 Å². The number of hydrogen-bond donors (Lipinski definition) is 6. The molecule has 5 rings (SSSR count). The number of aliphatic carboxylic acids is 2. The summed E-state index contributed by atoms with van der Waals surface area (Å²) < 4.78 is 26.8. The normalized spacial score (nSPS) is 10.5. The Morgan fingerprint density at radius 2 is 0.701 bits per heavy atom. The van der Waals surface area contributed by atoms with Gasteiger partial charge in [-0.3, -0.25) is 34.1 Å². The van der Waals surface area contributed by atoms with Crippen LogP contribution < -0.4 is 65.2 Å². The fourth-order valence-corrected chi connectivity index (χ4v) is 7.82. The molecule has 2 amide bonds. The van der Waals surface area contributed by atoms with Gasteiger partial charge >= 0.3 is 90.2 Å². The number of carbonyl (C=O) groups is 11. The molecule has 5 aromatic rings. The molecule has 0 bridgehead atoms. The maximum absolute atomic E-state index is 12.0. The smallest absolute Gasteiger partial charge is 0.870 e. The van der Waals surface area contributed by atoms with Crippen LogP contribution in [0.2, 0.25) is 25.1 Å². The second kappa shape index (κ2) is 71.9. The van der Waals surface area contributed by atoms with E-state index >= 15 is 0 Å². The third kappa shape index (κ3) is 61.8. The first-order chi connectivity index (χ1) is 46.9. The number of nitrogens with two attached hydrogens (primary N) is 2. The molecule has 0 aliphatic rings. The molecule has 0 saturated heterocycles. The molecule has 11 N–H and O–H groups in total. The van der Waals surface area contributed by atoms with Crippen LogP contribution in [0.15, 0.2) is 121 Å². The number of esters is 3. The summed E-state index contributed by atoms with van der Waals surface area (Å²) in [5.41, 5.74) is 14.2. The topological polar surface area (TPSA) is 453 Å². The van der Waals surface area contributed by atoms with Crippen molar-refractivity contribution in [3.63, 3.8) is 0 Å². The van der Waals surface area contributed by atoms with Crippen LogP contribution in [0.3, 0.4) is 0 Å². The van der Waals surface area contributed by atoms with E-state index in [0.717, 1.165) is 26.5 Å². The van der Waals surface area contributed by atoms with Crippen molar-refractivity contribution in [3.8, 4) is 0 Å². The summed E-state index contributed by atoms with van der Waals surface area (Å²) in [5.74, 6) is -5.51. The summed E-state index contributed by atoms with van der Waals surface area (Å²) >= 11 is 33.3. The van der Waals surface area contributed by atoms with E-state index in [0.29, 0.717) is 47.4 Å². The minimum Gasteiger partial charge on any atom is -0.870 e. The van der Waals surface area contributed by atoms with Crippen molar-refractivity contribution < 1.29 is 160 Å². The number of amides is 2. The molecule has 107 heavy (non-hydrogen) atoms. The maximum Gasteiger partial charge on any atom is 1.00 e. The first-order valence-corrected chi connectivity index (χ1v) is 33.9. The molecule has 0 fully saturated rings. The van der Waals surface area contributed by atoms with Gasteiger partial charge in [0.2, 0.25) is 32.3 Å². The Kier molecular flexibility index (Phi) is 84.1. The van der Waals surface area contributed by atoms with Crippen molar-refractivity contribution >= 4 is 173 Å². The molecule has 0 heterocycles. The molecule has 5 atom stereocenters. The molecule has 40 heteroatoms. The number of nitrogens with one attached hydrogen (secondary N) is 1. The Morgan fingerprint density at radius 3 is 0.907 bits per heavy atom. The average Bonchev–Trinajstić information content (AvgIpc) is 0.828. The molecule has 5 unspecified atom stereocenters. The van der Waals surface area contributed by atoms with Gasteiger partial charge in [0.1, 0.15) is 18.1 Å². The molecule has 593 valence electrons. The van der Waals surface area contributed by atoms with Gasteiger partial charge in [0.15, 0.2) is 12.1 Å². The predicted octanol–water partition coefficient (Wildman–Crippen LogP) is 6.39. The van der Waals surface area contributed by atoms with Gasteiger partial charge in [-0.1, -0.05) is 134 Å². The minimum atomic E-state index is -1.67. The van der Waals surface area contributed by atoms with Crippen molar-refractivity contribution in [1.82, 2.24) is 15.1 Å². The fourth-order valence-electron chi connectivity index (χ4n) is 7.19. The monoisotopic (exact) mass is 1690 g/mol. The second-order valence-electron chi connectivity index (χ2n) is 20.0. The number of rotatable bonds is 16. The third-order valence-corrected chi connectivity index (χ3v) is 12.4. The Labute approximate surface area is 702 Å². The number of benzene rings is 5. The van der Waals surface area contributed by atoms with E-state index in [1.165, 1.54) is 58.8 Å². The number of nitrogens with zero attached hydrogens (tertiary/aromatic N) is 2. The Morgan fingerprint density at radius 1 is 0.467 bits per heavy atom. The quantitative estimate of drug-likeness (QED) is 0.0156. The van der Waals surface area contributed by atoms with E-state index in [9.17, 15) is 57.8 Å². The zero-order valence-electron chi connectivity index (χ0n) is 60.9. The predicted molar refractivity (Wildman–Crippen MR) is 409 cm³/mol. The van der Waals surface area contributed by atoms with Gasteiger partial charge in [0, 0.05) is 113 Å². The van der Waals surface area contributed by atoms with Crippen LogP contribution in [0.1, 0.15) is 156 Å². The SMILES string of the molecule is C.C.CC(=O)Cl.CC(=O)N(C(C)C)C(C(=O)O)c1ccc(Cl)cc1.CC(=O)OOC(C)=O.CO.COC(=O)C(N)c1ccc(Cl)cc1.COC(=O)C(NC(C)C)c1ccc(Cl)cc1.COC(=O)C(c1ccc(Cl)cc1)N(C(C)=O)C(C)C.NC(C(=O)O)c1ccc(Cl)cc1.O.O=S(Cl)Cl.[B-]OC(C)=O.[Li+].[Na+].[OH-]. The van der Waals surface area contributed by atoms with Crippen molar-refractivity contribution in [1.29, 1.82) is 0 Å². The molecule has 0 spiro atoms. The number of carbonyl (C=O) groups excluding carboxylic acids is 9. The van der Waals surface area contributed by atoms with Crippen molar-refractivity contribution in [2.24, 2.45) is 11.5 Å². The maximum atomic E-state index is 12.0. The zero-order valence-corrected chi connectivity index (χ0v) is 69.7. The summed E-state index contributed by atoms with van der Waals surface area (Å²) in [6.45, 7) is 18.9. The third-order valence-electron chi connectivity index (χ3n) is 11.2. The fraction of sp³-hybridized carbons (Fsp3) is 0.388. The molecule has 0 aliphatic carbocycles. The second-order valence-corrected chi connectivity index (χ2v) is 25.2. The van der Waals surface area contributed by atoms with Crippen LogP contribution in [-0.2, 0) is 90.6 Å². The van der Waals surface area contributed by atoms with Crippen molar-refractivity contribution in [3.05, 3.63) is 174 Å². The van der Waals surface area contributed by atoms with Crippen molar-refractivity contribution in [2.45, 2.75) is 146 Å². The molecular formula is C67H95BCl8LiN5NaO23S. The van der Waals surface area contributed by atoms with E-state index in [4.69, 9.17) is 93.4 Å². The van der Waals surface area contributed by atoms with E-state index in [-0.39, 0.29) is 115 Å². The van der Waals surface area contributed by atoms with E-state index in [2.05, 4.69) is 65.5 Å². The Balaban J connectivity index is -0.000000111. The largest absolute Gasteiger partial charge is 1.00 e. The van der Waals surface area contributed by atoms with Gasteiger partial charge < -0.3 is 74.5 Å². The van der Waals surface area contributed by atoms with Gasteiger partial charge in [0.25, 0.3) is 0 Å². The molecule has 0 saturated carbocycles. The zero-order chi connectivity index (χ0) is 79.6. The first kappa shape index (κ1) is 125. The van der Waals surface area contributed by atoms with Crippen LogP contribution in [-0.4, -0.2) is 160 Å². The van der Waals surface area contributed by atoms with Crippen LogP contribution in [0.5, 0.6) is 0 Å². The summed E-state index contributed by atoms with van der Waals surface area (Å²) in [4.78, 5) is 129. The Bertz CT molecular complexity index is 3300. The molecule has 0 aliphatic heterocycles.